The zero-order valence-corrected chi connectivity index (χ0v) is 12.8. The van der Waals surface area contributed by atoms with Crippen molar-refractivity contribution in [2.45, 2.75) is 13.0 Å². The second kappa shape index (κ2) is 6.77. The fraction of sp³-hybridized carbons (Fsp3) is 0.214. The zero-order valence-electron chi connectivity index (χ0n) is 12.8. The summed E-state index contributed by atoms with van der Waals surface area (Å²) in [4.78, 5) is 33.3. The van der Waals surface area contributed by atoms with Crippen molar-refractivity contribution in [2.75, 3.05) is 12.4 Å². The summed E-state index contributed by atoms with van der Waals surface area (Å²) in [6.07, 6.45) is 2.37. The molecule has 24 heavy (non-hydrogen) atoms. The third-order valence-corrected chi connectivity index (χ3v) is 3.28. The first-order chi connectivity index (χ1) is 11.3. The lowest BCUT2D eigenvalue weighted by Crippen LogP contribution is -2.24. The van der Waals surface area contributed by atoms with Gasteiger partial charge in [-0.25, -0.2) is 4.79 Å². The number of carboxylic acid groups (broad SMARTS) is 1. The summed E-state index contributed by atoms with van der Waals surface area (Å²) in [7, 11) is 1.32. The molecule has 0 aliphatic rings. The van der Waals surface area contributed by atoms with Crippen LogP contribution in [-0.2, 0) is 4.79 Å². The zero-order chi connectivity index (χ0) is 17.9. The number of ether oxygens (including phenoxy) is 1. The Kier molecular flexibility index (Phi) is 4.78. The van der Waals surface area contributed by atoms with Gasteiger partial charge in [-0.15, -0.1) is 0 Å². The minimum atomic E-state index is -1.15. The molecule has 0 radical (unpaired) electrons. The number of carbonyl (C=O) groups is 2. The van der Waals surface area contributed by atoms with Gasteiger partial charge in [0.15, 0.2) is 0 Å². The highest BCUT2D eigenvalue weighted by molar-refractivity contribution is 5.95. The van der Waals surface area contributed by atoms with Gasteiger partial charge in [0.25, 0.3) is 5.69 Å². The number of nitrogens with zero attached hydrogens (tertiary/aromatic N) is 3. The highest BCUT2D eigenvalue weighted by atomic mass is 16.6. The van der Waals surface area contributed by atoms with Gasteiger partial charge in [-0.2, -0.15) is 5.10 Å². The van der Waals surface area contributed by atoms with Gasteiger partial charge in [-0.1, -0.05) is 0 Å². The maximum atomic E-state index is 12.3. The molecule has 126 valence electrons. The first-order valence-electron chi connectivity index (χ1n) is 6.74. The fourth-order valence-corrected chi connectivity index (χ4v) is 1.91. The van der Waals surface area contributed by atoms with Crippen LogP contribution < -0.4 is 10.1 Å². The molecule has 1 amide bonds. The highest BCUT2D eigenvalue weighted by Gasteiger charge is 2.20. The maximum absolute atomic E-state index is 12.3. The molecule has 2 N–H and O–H groups in total. The molecule has 2 rings (SSSR count). The first kappa shape index (κ1) is 16.9. The van der Waals surface area contributed by atoms with Crippen molar-refractivity contribution in [1.82, 2.24) is 9.78 Å². The molecule has 1 aromatic carbocycles. The number of rotatable bonds is 6. The van der Waals surface area contributed by atoms with Gasteiger partial charge in [0, 0.05) is 12.3 Å². The lowest BCUT2D eigenvalue weighted by molar-refractivity contribution is -0.384. The van der Waals surface area contributed by atoms with E-state index in [0.29, 0.717) is 0 Å². The second-order valence-corrected chi connectivity index (χ2v) is 4.82. The van der Waals surface area contributed by atoms with Crippen molar-refractivity contribution in [3.05, 3.63) is 46.3 Å². The minimum Gasteiger partial charge on any atom is -0.494 e. The summed E-state index contributed by atoms with van der Waals surface area (Å²) in [5.74, 6) is -1.50. The smallest absolute Gasteiger partial charge is 0.338 e. The number of hydrogen-bond donors (Lipinski definition) is 2. The summed E-state index contributed by atoms with van der Waals surface area (Å²) < 4.78 is 6.24. The van der Waals surface area contributed by atoms with Crippen LogP contribution in [0.2, 0.25) is 0 Å². The topological polar surface area (TPSA) is 137 Å². The van der Waals surface area contributed by atoms with E-state index in [1.165, 1.54) is 43.1 Å². The standard InChI is InChI=1S/C14H14N4O6/c1-8(17-7-9(6-15-17)14(20)21)13(19)16-11-4-3-10(18(22)23)5-12(11)24-2/h3-8H,1-2H3,(H,16,19)(H,20,21). The summed E-state index contributed by atoms with van der Waals surface area (Å²) in [6, 6.07) is 2.99. The third-order valence-electron chi connectivity index (χ3n) is 3.28. The largest absolute Gasteiger partial charge is 0.494 e. The average Bonchev–Trinajstić information content (AvgIpc) is 3.04. The molecule has 1 heterocycles. The number of amides is 1. The number of nitrogens with one attached hydrogen (secondary N) is 1. The Morgan fingerprint density at radius 3 is 2.71 bits per heavy atom. The van der Waals surface area contributed by atoms with E-state index < -0.39 is 22.8 Å². The van der Waals surface area contributed by atoms with Gasteiger partial charge in [-0.3, -0.25) is 19.6 Å². The number of nitro benzene ring substituents is 1. The van der Waals surface area contributed by atoms with E-state index in [2.05, 4.69) is 10.4 Å². The van der Waals surface area contributed by atoms with Crippen LogP contribution in [-0.4, -0.2) is 38.8 Å². The van der Waals surface area contributed by atoms with E-state index in [4.69, 9.17) is 9.84 Å². The molecule has 0 aliphatic carbocycles. The first-order valence-corrected chi connectivity index (χ1v) is 6.74. The Labute approximate surface area is 135 Å². The molecule has 10 heteroatoms. The second-order valence-electron chi connectivity index (χ2n) is 4.82. The Morgan fingerprint density at radius 2 is 2.17 bits per heavy atom. The summed E-state index contributed by atoms with van der Waals surface area (Å²) in [5, 5.41) is 26.0. The van der Waals surface area contributed by atoms with Crippen LogP contribution in [0.4, 0.5) is 11.4 Å². The summed E-state index contributed by atoms with van der Waals surface area (Å²) in [5.41, 5.74) is 0.0456. The molecular formula is C14H14N4O6. The maximum Gasteiger partial charge on any atom is 0.338 e. The summed E-state index contributed by atoms with van der Waals surface area (Å²) in [6.45, 7) is 1.53. The van der Waals surface area contributed by atoms with E-state index in [9.17, 15) is 19.7 Å². The Balaban J connectivity index is 2.18. The van der Waals surface area contributed by atoms with Crippen LogP contribution in [0.5, 0.6) is 5.75 Å². The van der Waals surface area contributed by atoms with Crippen LogP contribution in [0.1, 0.15) is 23.3 Å². The van der Waals surface area contributed by atoms with E-state index in [1.54, 1.807) is 0 Å². The van der Waals surface area contributed by atoms with Gasteiger partial charge in [0.2, 0.25) is 5.91 Å². The molecule has 1 aromatic heterocycles. The number of carbonyl (C=O) groups excluding carboxylic acids is 1. The number of nitro groups is 1. The number of methoxy groups -OCH3 is 1. The quantitative estimate of drug-likeness (QED) is 0.606. The average molecular weight is 334 g/mol. The van der Waals surface area contributed by atoms with Crippen LogP contribution in [0.3, 0.4) is 0 Å². The van der Waals surface area contributed by atoms with Crippen molar-refractivity contribution in [1.29, 1.82) is 0 Å². The molecule has 1 atom stereocenters. The number of benzene rings is 1. The minimum absolute atomic E-state index is 0.0393. The molecule has 0 saturated heterocycles. The number of anilines is 1. The predicted molar refractivity (Wildman–Crippen MR) is 82.2 cm³/mol. The van der Waals surface area contributed by atoms with Crippen molar-refractivity contribution < 1.29 is 24.4 Å². The van der Waals surface area contributed by atoms with Gasteiger partial charge in [0.1, 0.15) is 11.8 Å². The molecular weight excluding hydrogens is 320 g/mol. The van der Waals surface area contributed by atoms with E-state index in [1.807, 2.05) is 0 Å². The Bertz CT molecular complexity index is 800. The van der Waals surface area contributed by atoms with E-state index in [0.717, 1.165) is 6.20 Å². The van der Waals surface area contributed by atoms with E-state index >= 15 is 0 Å². The number of aromatic nitrogens is 2. The van der Waals surface area contributed by atoms with Gasteiger partial charge < -0.3 is 15.2 Å². The van der Waals surface area contributed by atoms with Gasteiger partial charge in [-0.05, 0) is 13.0 Å². The fourth-order valence-electron chi connectivity index (χ4n) is 1.91. The van der Waals surface area contributed by atoms with Crippen LogP contribution >= 0.6 is 0 Å². The lowest BCUT2D eigenvalue weighted by atomic mass is 10.2. The third kappa shape index (κ3) is 3.48. The number of non-ortho nitro benzene ring substituents is 1. The number of carboxylic acids is 1. The van der Waals surface area contributed by atoms with E-state index in [-0.39, 0.29) is 22.7 Å². The van der Waals surface area contributed by atoms with Gasteiger partial charge in [0.05, 0.1) is 35.5 Å². The van der Waals surface area contributed by atoms with Crippen LogP contribution in [0.15, 0.2) is 30.6 Å². The molecule has 2 aromatic rings. The predicted octanol–water partition coefficient (Wildman–Crippen LogP) is 1.70. The van der Waals surface area contributed by atoms with Gasteiger partial charge >= 0.3 is 5.97 Å². The number of aromatic carboxylic acids is 1. The Hall–Kier alpha value is -3.43. The van der Waals surface area contributed by atoms with Crippen LogP contribution in [0.25, 0.3) is 0 Å². The van der Waals surface area contributed by atoms with Crippen molar-refractivity contribution >= 4 is 23.3 Å². The summed E-state index contributed by atoms with van der Waals surface area (Å²) >= 11 is 0. The number of hydrogen-bond acceptors (Lipinski definition) is 6. The highest BCUT2D eigenvalue weighted by Crippen LogP contribution is 2.29. The molecule has 0 aliphatic heterocycles. The van der Waals surface area contributed by atoms with Crippen molar-refractivity contribution in [2.24, 2.45) is 0 Å². The lowest BCUT2D eigenvalue weighted by Gasteiger charge is -2.14. The van der Waals surface area contributed by atoms with Crippen LogP contribution in [0, 0.1) is 10.1 Å². The molecule has 1 unspecified atom stereocenters. The molecule has 0 bridgehead atoms. The molecule has 0 saturated carbocycles. The van der Waals surface area contributed by atoms with Crippen molar-refractivity contribution in [3.63, 3.8) is 0 Å². The Morgan fingerprint density at radius 1 is 1.46 bits per heavy atom. The monoisotopic (exact) mass is 334 g/mol. The van der Waals surface area contributed by atoms with Crippen molar-refractivity contribution in [3.8, 4) is 5.75 Å². The molecule has 10 nitrogen and oxygen atoms in total. The molecule has 0 spiro atoms. The normalized spacial score (nSPS) is 11.6. The molecule has 0 fully saturated rings. The SMILES string of the molecule is COc1cc([N+](=O)[O-])ccc1NC(=O)C(C)n1cc(C(=O)O)cn1.